The van der Waals surface area contributed by atoms with Crippen LogP contribution in [-0.4, -0.2) is 52.3 Å². The monoisotopic (exact) mass is 463 g/mol. The molecule has 8 heteroatoms. The molecule has 1 aromatic rings. The number of nitrogens with one attached hydrogen (secondary N) is 2. The van der Waals surface area contributed by atoms with Crippen molar-refractivity contribution < 1.29 is 19.1 Å². The Hall–Kier alpha value is -2.22. The molecule has 0 aliphatic heterocycles. The maximum absolute atomic E-state index is 13.8. The number of aryl methyl sites for hydroxylation is 1. The first-order valence-corrected chi connectivity index (χ1v) is 11.9. The molecule has 32 heavy (non-hydrogen) atoms. The van der Waals surface area contributed by atoms with Gasteiger partial charge in [0.1, 0.15) is 17.7 Å². The lowest BCUT2D eigenvalue weighted by Crippen LogP contribution is -2.58. The normalized spacial score (nSPS) is 16.0. The van der Waals surface area contributed by atoms with Crippen molar-refractivity contribution in [1.29, 1.82) is 0 Å². The maximum atomic E-state index is 13.8. The zero-order chi connectivity index (χ0) is 24.1. The number of thiol groups is 1. The molecule has 1 fully saturated rings. The van der Waals surface area contributed by atoms with Gasteiger partial charge in [0.05, 0.1) is 0 Å². The minimum absolute atomic E-state index is 0.0760. The average Bonchev–Trinajstić information content (AvgIpc) is 2.63. The number of benzene rings is 1. The second-order valence-electron chi connectivity index (χ2n) is 9.63. The molecule has 2 N–H and O–H groups in total. The summed E-state index contributed by atoms with van der Waals surface area (Å²) in [4.78, 5) is 41.2. The number of ether oxygens (including phenoxy) is 1. The highest BCUT2D eigenvalue weighted by Crippen LogP contribution is 2.35. The van der Waals surface area contributed by atoms with Crippen molar-refractivity contribution in [2.45, 2.75) is 90.6 Å². The van der Waals surface area contributed by atoms with Gasteiger partial charge in [0, 0.05) is 17.8 Å². The van der Waals surface area contributed by atoms with Crippen molar-refractivity contribution >= 4 is 30.5 Å². The van der Waals surface area contributed by atoms with Gasteiger partial charge in [-0.2, -0.15) is 12.6 Å². The Morgan fingerprint density at radius 3 is 2.25 bits per heavy atom. The molecule has 1 aliphatic rings. The van der Waals surface area contributed by atoms with Gasteiger partial charge in [0.2, 0.25) is 11.8 Å². The standard InChI is InChI=1S/C24H37N3O4S/c1-15(2)25-21(28)20(18-13-8-7-10-16(18)3)27(17-11-9-12-17)22(29)19(14-32)26-23(30)31-24(4,5)6/h7-8,10,13,15,17,19-20,32H,9,11-12,14H2,1-6H3,(H,25,28)(H,26,30). The van der Waals surface area contributed by atoms with Crippen molar-refractivity contribution in [3.8, 4) is 0 Å². The smallest absolute Gasteiger partial charge is 0.408 e. The third-order valence-corrected chi connectivity index (χ3v) is 5.70. The highest BCUT2D eigenvalue weighted by atomic mass is 32.1. The highest BCUT2D eigenvalue weighted by Gasteiger charge is 2.42. The molecular formula is C24H37N3O4S. The Balaban J connectivity index is 2.42. The molecule has 0 heterocycles. The fourth-order valence-corrected chi connectivity index (χ4v) is 3.92. The first kappa shape index (κ1) is 26.0. The molecule has 1 saturated carbocycles. The summed E-state index contributed by atoms with van der Waals surface area (Å²) in [5, 5.41) is 5.62. The van der Waals surface area contributed by atoms with Gasteiger partial charge in [-0.25, -0.2) is 4.79 Å². The topological polar surface area (TPSA) is 87.7 Å². The van der Waals surface area contributed by atoms with E-state index in [-0.39, 0.29) is 29.7 Å². The van der Waals surface area contributed by atoms with E-state index in [1.807, 2.05) is 45.0 Å². The van der Waals surface area contributed by atoms with Gasteiger partial charge < -0.3 is 20.3 Å². The molecule has 2 unspecified atom stereocenters. The van der Waals surface area contributed by atoms with E-state index >= 15 is 0 Å². The lowest BCUT2D eigenvalue weighted by molar-refractivity contribution is -0.147. The molecular weight excluding hydrogens is 426 g/mol. The molecule has 178 valence electrons. The van der Waals surface area contributed by atoms with Gasteiger partial charge >= 0.3 is 6.09 Å². The van der Waals surface area contributed by atoms with Crippen LogP contribution in [0.2, 0.25) is 0 Å². The molecule has 0 saturated heterocycles. The molecule has 1 aromatic carbocycles. The number of amides is 3. The first-order chi connectivity index (χ1) is 14.9. The third-order valence-electron chi connectivity index (χ3n) is 5.33. The lowest BCUT2D eigenvalue weighted by atomic mass is 9.87. The SMILES string of the molecule is Cc1ccccc1C(C(=O)NC(C)C)N(C(=O)C(CS)NC(=O)OC(C)(C)C)C1CCC1. The van der Waals surface area contributed by atoms with Crippen LogP contribution in [0.4, 0.5) is 4.79 Å². The van der Waals surface area contributed by atoms with Gasteiger partial charge in [-0.15, -0.1) is 0 Å². The van der Waals surface area contributed by atoms with Crippen LogP contribution in [0.25, 0.3) is 0 Å². The van der Waals surface area contributed by atoms with Crippen molar-refractivity contribution in [2.24, 2.45) is 0 Å². The Bertz CT molecular complexity index is 818. The van der Waals surface area contributed by atoms with Crippen LogP contribution in [0.15, 0.2) is 24.3 Å². The number of carbonyl (C=O) groups excluding carboxylic acids is 3. The van der Waals surface area contributed by atoms with E-state index in [4.69, 9.17) is 4.74 Å². The number of hydrogen-bond donors (Lipinski definition) is 3. The summed E-state index contributed by atoms with van der Waals surface area (Å²) in [6.45, 7) is 11.0. The molecule has 0 spiro atoms. The third kappa shape index (κ3) is 6.89. The molecule has 0 radical (unpaired) electrons. The zero-order valence-corrected chi connectivity index (χ0v) is 20.9. The van der Waals surface area contributed by atoms with Gasteiger partial charge in [0.25, 0.3) is 0 Å². The van der Waals surface area contributed by atoms with Gasteiger partial charge in [0.15, 0.2) is 0 Å². The Morgan fingerprint density at radius 2 is 1.78 bits per heavy atom. The minimum Gasteiger partial charge on any atom is -0.444 e. The van der Waals surface area contributed by atoms with Crippen LogP contribution in [0.5, 0.6) is 0 Å². The van der Waals surface area contributed by atoms with Crippen molar-refractivity contribution in [2.75, 3.05) is 5.75 Å². The molecule has 0 aromatic heterocycles. The summed E-state index contributed by atoms with van der Waals surface area (Å²) >= 11 is 4.32. The first-order valence-electron chi connectivity index (χ1n) is 11.2. The number of hydrogen-bond acceptors (Lipinski definition) is 5. The van der Waals surface area contributed by atoms with Crippen LogP contribution in [0, 0.1) is 6.92 Å². The number of rotatable bonds is 8. The van der Waals surface area contributed by atoms with E-state index in [1.54, 1.807) is 25.7 Å². The van der Waals surface area contributed by atoms with Crippen LogP contribution >= 0.6 is 12.6 Å². The molecule has 2 rings (SSSR count). The van der Waals surface area contributed by atoms with Crippen LogP contribution in [0.3, 0.4) is 0 Å². The predicted octanol–water partition coefficient (Wildman–Crippen LogP) is 3.76. The maximum Gasteiger partial charge on any atom is 0.408 e. The van der Waals surface area contributed by atoms with Crippen molar-refractivity contribution in [1.82, 2.24) is 15.5 Å². The summed E-state index contributed by atoms with van der Waals surface area (Å²) in [7, 11) is 0. The largest absolute Gasteiger partial charge is 0.444 e. The molecule has 3 amide bonds. The second-order valence-corrected chi connectivity index (χ2v) is 10.00. The number of alkyl carbamates (subject to hydrolysis) is 1. The van der Waals surface area contributed by atoms with Crippen LogP contribution in [-0.2, 0) is 14.3 Å². The number of nitrogens with zero attached hydrogens (tertiary/aromatic N) is 1. The summed E-state index contributed by atoms with van der Waals surface area (Å²) in [6.07, 6.45) is 1.94. The van der Waals surface area contributed by atoms with Crippen molar-refractivity contribution in [3.63, 3.8) is 0 Å². The summed E-state index contributed by atoms with van der Waals surface area (Å²) in [5.74, 6) is -0.472. The predicted molar refractivity (Wildman–Crippen MR) is 129 cm³/mol. The van der Waals surface area contributed by atoms with E-state index in [1.165, 1.54) is 0 Å². The van der Waals surface area contributed by atoms with Gasteiger partial charge in [-0.3, -0.25) is 9.59 Å². The fraction of sp³-hybridized carbons (Fsp3) is 0.625. The van der Waals surface area contributed by atoms with Crippen LogP contribution in [0.1, 0.15) is 71.0 Å². The Morgan fingerprint density at radius 1 is 1.16 bits per heavy atom. The van der Waals surface area contributed by atoms with Gasteiger partial charge in [-0.1, -0.05) is 24.3 Å². The van der Waals surface area contributed by atoms with Gasteiger partial charge in [-0.05, 0) is 71.9 Å². The second kappa shape index (κ2) is 11.1. The average molecular weight is 464 g/mol. The van der Waals surface area contributed by atoms with E-state index < -0.39 is 23.8 Å². The van der Waals surface area contributed by atoms with E-state index in [0.717, 1.165) is 30.4 Å². The zero-order valence-electron chi connectivity index (χ0n) is 20.0. The van der Waals surface area contributed by atoms with Crippen molar-refractivity contribution in [3.05, 3.63) is 35.4 Å². The fourth-order valence-electron chi connectivity index (χ4n) is 3.67. The number of carbonyl (C=O) groups is 3. The molecule has 2 atom stereocenters. The summed E-state index contributed by atoms with van der Waals surface area (Å²) in [5.41, 5.74) is 1.01. The Kier molecular flexibility index (Phi) is 9.01. The van der Waals surface area contributed by atoms with E-state index in [9.17, 15) is 14.4 Å². The quantitative estimate of drug-likeness (QED) is 0.512. The van der Waals surface area contributed by atoms with Crippen LogP contribution < -0.4 is 10.6 Å². The molecule has 7 nitrogen and oxygen atoms in total. The summed E-state index contributed by atoms with van der Waals surface area (Å²) in [6, 6.07) is 5.74. The van der Waals surface area contributed by atoms with E-state index in [0.29, 0.717) is 0 Å². The lowest BCUT2D eigenvalue weighted by Gasteiger charge is -2.44. The highest BCUT2D eigenvalue weighted by molar-refractivity contribution is 7.80. The minimum atomic E-state index is -0.910. The molecule has 0 bridgehead atoms. The Labute approximate surface area is 197 Å². The molecule has 1 aliphatic carbocycles. The van der Waals surface area contributed by atoms with E-state index in [2.05, 4.69) is 23.3 Å². The summed E-state index contributed by atoms with van der Waals surface area (Å²) < 4.78 is 5.33.